The van der Waals surface area contributed by atoms with Crippen molar-refractivity contribution in [2.24, 2.45) is 0 Å². The Morgan fingerprint density at radius 3 is 1.58 bits per heavy atom. The molecule has 0 unspecified atom stereocenters. The van der Waals surface area contributed by atoms with Gasteiger partial charge in [-0.15, -0.1) is 0 Å². The van der Waals surface area contributed by atoms with Crippen LogP contribution in [0.3, 0.4) is 0 Å². The number of hydrogen-bond acceptors (Lipinski definition) is 0. The Kier molecular flexibility index (Phi) is 5.41. The maximum Gasteiger partial charge on any atom is 0.166 e. The lowest BCUT2D eigenvalue weighted by Crippen LogP contribution is -2.04. The van der Waals surface area contributed by atoms with Gasteiger partial charge in [0, 0.05) is 5.56 Å². The molecular weight excluding hydrogens is 308 g/mol. The Morgan fingerprint density at radius 1 is 0.583 bits per heavy atom. The van der Waals surface area contributed by atoms with Crippen LogP contribution in [0, 0.1) is 23.7 Å². The van der Waals surface area contributed by atoms with E-state index in [2.05, 4.69) is 109 Å². The summed E-state index contributed by atoms with van der Waals surface area (Å²) in [7, 11) is -0.106. The third-order valence-electron chi connectivity index (χ3n) is 3.44. The van der Waals surface area contributed by atoms with Crippen molar-refractivity contribution in [3.8, 4) is 23.7 Å². The molecule has 0 amide bonds. The van der Waals surface area contributed by atoms with Crippen molar-refractivity contribution >= 4 is 10.9 Å². The van der Waals surface area contributed by atoms with Crippen LogP contribution in [-0.4, -0.2) is 0 Å². The zero-order valence-corrected chi connectivity index (χ0v) is 14.3. The average molecular weight is 325 g/mol. The zero-order chi connectivity index (χ0) is 16.6. The Bertz CT molecular complexity index is 863. The summed E-state index contributed by atoms with van der Waals surface area (Å²) in [4.78, 5) is 3.93. The molecular formula is C23H17S+. The Labute approximate surface area is 146 Å². The summed E-state index contributed by atoms with van der Waals surface area (Å²) in [6.45, 7) is 1.79. The SMILES string of the molecule is CC#CC#Cc1ccc([S+](c2ccccc2)c2ccccc2)cc1. The summed E-state index contributed by atoms with van der Waals surface area (Å²) in [6.07, 6.45) is 0. The van der Waals surface area contributed by atoms with E-state index in [4.69, 9.17) is 0 Å². The molecule has 0 saturated carbocycles. The fourth-order valence-corrected chi connectivity index (χ4v) is 4.45. The topological polar surface area (TPSA) is 0 Å². The lowest BCUT2D eigenvalue weighted by Gasteiger charge is -2.07. The highest BCUT2D eigenvalue weighted by Gasteiger charge is 2.27. The van der Waals surface area contributed by atoms with E-state index in [1.807, 2.05) is 0 Å². The molecule has 3 aromatic carbocycles. The van der Waals surface area contributed by atoms with Gasteiger partial charge in [0.2, 0.25) is 0 Å². The number of benzene rings is 3. The van der Waals surface area contributed by atoms with Gasteiger partial charge < -0.3 is 0 Å². The second-order valence-electron chi connectivity index (χ2n) is 5.08. The van der Waals surface area contributed by atoms with Gasteiger partial charge in [0.1, 0.15) is 0 Å². The molecule has 0 aliphatic heterocycles. The molecule has 3 aromatic rings. The van der Waals surface area contributed by atoms with Crippen LogP contribution >= 0.6 is 0 Å². The molecule has 0 saturated heterocycles. The first-order valence-electron chi connectivity index (χ1n) is 7.76. The van der Waals surface area contributed by atoms with Crippen LogP contribution in [0.25, 0.3) is 0 Å². The van der Waals surface area contributed by atoms with Crippen LogP contribution < -0.4 is 0 Å². The lowest BCUT2D eigenvalue weighted by atomic mass is 10.2. The first-order valence-corrected chi connectivity index (χ1v) is 8.98. The molecule has 0 bridgehead atoms. The minimum atomic E-state index is -0.106. The summed E-state index contributed by atoms with van der Waals surface area (Å²) >= 11 is 0. The van der Waals surface area contributed by atoms with Gasteiger partial charge in [0.05, 0.1) is 10.9 Å². The first-order chi connectivity index (χ1) is 11.9. The van der Waals surface area contributed by atoms with Crippen LogP contribution in [0.4, 0.5) is 0 Å². The van der Waals surface area contributed by atoms with E-state index in [-0.39, 0.29) is 10.9 Å². The van der Waals surface area contributed by atoms with Gasteiger partial charge in [-0.2, -0.15) is 0 Å². The maximum atomic E-state index is 3.07. The first kappa shape index (κ1) is 16.0. The van der Waals surface area contributed by atoms with E-state index in [9.17, 15) is 0 Å². The zero-order valence-electron chi connectivity index (χ0n) is 13.5. The molecule has 0 aliphatic carbocycles. The normalized spacial score (nSPS) is 9.58. The maximum absolute atomic E-state index is 3.07. The summed E-state index contributed by atoms with van der Waals surface area (Å²) < 4.78 is 0. The molecule has 0 radical (unpaired) electrons. The molecule has 0 aliphatic rings. The molecule has 1 heteroatoms. The Balaban J connectivity index is 2.00. The van der Waals surface area contributed by atoms with E-state index in [0.29, 0.717) is 0 Å². The minimum absolute atomic E-state index is 0.106. The molecule has 0 aromatic heterocycles. The van der Waals surface area contributed by atoms with Gasteiger partial charge >= 0.3 is 0 Å². The smallest absolute Gasteiger partial charge is 0.0925 e. The van der Waals surface area contributed by atoms with E-state index in [1.165, 1.54) is 14.7 Å². The third kappa shape index (κ3) is 3.90. The quantitative estimate of drug-likeness (QED) is 0.461. The predicted molar refractivity (Wildman–Crippen MR) is 102 cm³/mol. The summed E-state index contributed by atoms with van der Waals surface area (Å²) in [5.74, 6) is 11.5. The molecule has 114 valence electrons. The number of rotatable bonds is 3. The van der Waals surface area contributed by atoms with Crippen molar-refractivity contribution in [2.45, 2.75) is 21.6 Å². The Hall–Kier alpha value is -2.87. The predicted octanol–water partition coefficient (Wildman–Crippen LogP) is 5.16. The fraction of sp³-hybridized carbons (Fsp3) is 0.0435. The molecule has 0 atom stereocenters. The van der Waals surface area contributed by atoms with Crippen LogP contribution in [0.2, 0.25) is 0 Å². The molecule has 0 spiro atoms. The molecule has 0 N–H and O–H groups in total. The van der Waals surface area contributed by atoms with Crippen molar-refractivity contribution in [1.29, 1.82) is 0 Å². The summed E-state index contributed by atoms with van der Waals surface area (Å²) in [5, 5.41) is 0. The van der Waals surface area contributed by atoms with E-state index in [1.54, 1.807) is 6.92 Å². The van der Waals surface area contributed by atoms with Crippen molar-refractivity contribution < 1.29 is 0 Å². The number of hydrogen-bond donors (Lipinski definition) is 0. The van der Waals surface area contributed by atoms with Crippen molar-refractivity contribution in [3.05, 3.63) is 90.5 Å². The minimum Gasteiger partial charge on any atom is -0.0925 e. The third-order valence-corrected chi connectivity index (χ3v) is 5.67. The lowest BCUT2D eigenvalue weighted by molar-refractivity contribution is 1.31. The van der Waals surface area contributed by atoms with Crippen molar-refractivity contribution in [1.82, 2.24) is 0 Å². The van der Waals surface area contributed by atoms with Crippen LogP contribution in [0.5, 0.6) is 0 Å². The van der Waals surface area contributed by atoms with Crippen LogP contribution in [-0.2, 0) is 10.9 Å². The van der Waals surface area contributed by atoms with Gasteiger partial charge in [0.25, 0.3) is 0 Å². The van der Waals surface area contributed by atoms with E-state index < -0.39 is 0 Å². The van der Waals surface area contributed by atoms with Gasteiger partial charge in [-0.05, 0) is 67.3 Å². The van der Waals surface area contributed by atoms with Crippen LogP contribution in [0.1, 0.15) is 12.5 Å². The highest BCUT2D eigenvalue weighted by Crippen LogP contribution is 2.30. The molecule has 0 fully saturated rings. The summed E-state index contributed by atoms with van der Waals surface area (Å²) in [5.41, 5.74) is 0.992. The van der Waals surface area contributed by atoms with E-state index >= 15 is 0 Å². The van der Waals surface area contributed by atoms with Gasteiger partial charge in [-0.1, -0.05) is 48.2 Å². The van der Waals surface area contributed by atoms with Crippen LogP contribution in [0.15, 0.2) is 99.6 Å². The van der Waals surface area contributed by atoms with E-state index in [0.717, 1.165) is 5.56 Å². The van der Waals surface area contributed by atoms with Gasteiger partial charge in [0.15, 0.2) is 14.7 Å². The monoisotopic (exact) mass is 325 g/mol. The standard InChI is InChI=1S/C23H17S/c1-2-3-6-11-20-16-18-23(19-17-20)24(21-12-7-4-8-13-21)22-14-9-5-10-15-22/h4-5,7-10,12-19H,1H3/q+1. The average Bonchev–Trinajstić information content (AvgIpc) is 2.65. The second kappa shape index (κ2) is 8.11. The Morgan fingerprint density at radius 2 is 1.08 bits per heavy atom. The molecule has 0 nitrogen and oxygen atoms in total. The fourth-order valence-electron chi connectivity index (χ4n) is 2.36. The highest BCUT2D eigenvalue weighted by molar-refractivity contribution is 7.97. The second-order valence-corrected chi connectivity index (χ2v) is 7.11. The van der Waals surface area contributed by atoms with Gasteiger partial charge in [-0.3, -0.25) is 0 Å². The summed E-state index contributed by atoms with van der Waals surface area (Å²) in [6, 6.07) is 29.8. The van der Waals surface area contributed by atoms with Crippen molar-refractivity contribution in [2.75, 3.05) is 0 Å². The molecule has 0 heterocycles. The molecule has 3 rings (SSSR count). The van der Waals surface area contributed by atoms with Crippen molar-refractivity contribution in [3.63, 3.8) is 0 Å². The highest BCUT2D eigenvalue weighted by atomic mass is 32.2. The molecule has 24 heavy (non-hydrogen) atoms. The largest absolute Gasteiger partial charge is 0.166 e. The van der Waals surface area contributed by atoms with Gasteiger partial charge in [-0.25, -0.2) is 0 Å².